The van der Waals surface area contributed by atoms with Crippen molar-refractivity contribution in [3.63, 3.8) is 0 Å². The molecule has 2 aromatic rings. The average molecular weight is 245 g/mol. The maximum Gasteiger partial charge on any atom is 0.113 e. The Bertz CT molecular complexity index is 511. The molecule has 3 nitrogen and oxygen atoms in total. The summed E-state index contributed by atoms with van der Waals surface area (Å²) in [5, 5.41) is 0. The Labute approximate surface area is 109 Å². The van der Waals surface area contributed by atoms with Crippen LogP contribution in [-0.2, 0) is 0 Å². The van der Waals surface area contributed by atoms with E-state index in [4.69, 9.17) is 10.7 Å². The standard InChI is InChI=1S/C15H23N3/c1-4-12(5-2)15-17-13-8-6-7-9-14(13)18(15)11(3)10-16/h6-9,11-12H,4-5,10,16H2,1-3H3. The average Bonchev–Trinajstić information content (AvgIpc) is 2.78. The molecule has 3 heteroatoms. The zero-order valence-electron chi connectivity index (χ0n) is 11.6. The molecule has 0 spiro atoms. The Balaban J connectivity index is 2.63. The lowest BCUT2D eigenvalue weighted by atomic mass is 10.0. The van der Waals surface area contributed by atoms with E-state index in [0.29, 0.717) is 18.5 Å². The van der Waals surface area contributed by atoms with E-state index >= 15 is 0 Å². The largest absolute Gasteiger partial charge is 0.328 e. The quantitative estimate of drug-likeness (QED) is 0.876. The van der Waals surface area contributed by atoms with Crippen LogP contribution in [0.5, 0.6) is 0 Å². The van der Waals surface area contributed by atoms with Crippen LogP contribution in [0.2, 0.25) is 0 Å². The summed E-state index contributed by atoms with van der Waals surface area (Å²) in [6.45, 7) is 7.27. The van der Waals surface area contributed by atoms with Gasteiger partial charge in [0.05, 0.1) is 11.0 Å². The summed E-state index contributed by atoms with van der Waals surface area (Å²) >= 11 is 0. The van der Waals surface area contributed by atoms with Gasteiger partial charge in [-0.3, -0.25) is 0 Å². The van der Waals surface area contributed by atoms with Gasteiger partial charge in [0.15, 0.2) is 0 Å². The minimum atomic E-state index is 0.299. The molecule has 1 heterocycles. The van der Waals surface area contributed by atoms with E-state index in [-0.39, 0.29) is 0 Å². The molecule has 1 aromatic carbocycles. The fourth-order valence-corrected chi connectivity index (χ4v) is 2.57. The third kappa shape index (κ3) is 2.15. The summed E-state index contributed by atoms with van der Waals surface area (Å²) in [6.07, 6.45) is 2.24. The Kier molecular flexibility index (Phi) is 4.02. The predicted molar refractivity (Wildman–Crippen MR) is 76.8 cm³/mol. The zero-order chi connectivity index (χ0) is 13.1. The molecule has 0 aliphatic heterocycles. The number of fused-ring (bicyclic) bond motifs is 1. The van der Waals surface area contributed by atoms with Crippen molar-refractivity contribution in [1.29, 1.82) is 0 Å². The van der Waals surface area contributed by atoms with Crippen LogP contribution in [0, 0.1) is 0 Å². The summed E-state index contributed by atoms with van der Waals surface area (Å²) < 4.78 is 2.33. The molecule has 0 amide bonds. The molecular weight excluding hydrogens is 222 g/mol. The number of imidazole rings is 1. The minimum absolute atomic E-state index is 0.299. The Hall–Kier alpha value is -1.35. The van der Waals surface area contributed by atoms with Gasteiger partial charge in [0.2, 0.25) is 0 Å². The predicted octanol–water partition coefficient (Wildman–Crippen LogP) is 3.46. The van der Waals surface area contributed by atoms with Gasteiger partial charge in [0.1, 0.15) is 5.82 Å². The maximum absolute atomic E-state index is 5.86. The first-order valence-corrected chi connectivity index (χ1v) is 6.89. The van der Waals surface area contributed by atoms with E-state index < -0.39 is 0 Å². The normalized spacial score (nSPS) is 13.4. The van der Waals surface area contributed by atoms with E-state index in [2.05, 4.69) is 43.5 Å². The van der Waals surface area contributed by atoms with Crippen molar-refractivity contribution >= 4 is 11.0 Å². The monoisotopic (exact) mass is 245 g/mol. The van der Waals surface area contributed by atoms with Gasteiger partial charge in [-0.05, 0) is 31.9 Å². The number of para-hydroxylation sites is 2. The van der Waals surface area contributed by atoms with Gasteiger partial charge >= 0.3 is 0 Å². The lowest BCUT2D eigenvalue weighted by molar-refractivity contribution is 0.498. The van der Waals surface area contributed by atoms with E-state index in [1.165, 1.54) is 11.3 Å². The highest BCUT2D eigenvalue weighted by atomic mass is 15.1. The van der Waals surface area contributed by atoms with Crippen LogP contribution in [0.25, 0.3) is 11.0 Å². The molecule has 0 fully saturated rings. The number of benzene rings is 1. The number of aromatic nitrogens is 2. The highest BCUT2D eigenvalue weighted by Crippen LogP contribution is 2.29. The third-order valence-electron chi connectivity index (χ3n) is 3.76. The van der Waals surface area contributed by atoms with Crippen LogP contribution in [0.1, 0.15) is 51.4 Å². The summed E-state index contributed by atoms with van der Waals surface area (Å²) in [5.74, 6) is 1.71. The Morgan fingerprint density at radius 3 is 2.50 bits per heavy atom. The lowest BCUT2D eigenvalue weighted by Crippen LogP contribution is -2.19. The molecule has 1 atom stereocenters. The molecule has 2 N–H and O–H groups in total. The van der Waals surface area contributed by atoms with E-state index in [1.54, 1.807) is 0 Å². The molecule has 98 valence electrons. The van der Waals surface area contributed by atoms with Crippen molar-refractivity contribution < 1.29 is 0 Å². The van der Waals surface area contributed by atoms with Crippen LogP contribution in [0.15, 0.2) is 24.3 Å². The van der Waals surface area contributed by atoms with Gasteiger partial charge in [0.25, 0.3) is 0 Å². The Morgan fingerprint density at radius 1 is 1.22 bits per heavy atom. The van der Waals surface area contributed by atoms with Gasteiger partial charge in [-0.2, -0.15) is 0 Å². The third-order valence-corrected chi connectivity index (χ3v) is 3.76. The van der Waals surface area contributed by atoms with E-state index in [9.17, 15) is 0 Å². The molecule has 0 bridgehead atoms. The second-order valence-electron chi connectivity index (χ2n) is 4.93. The number of hydrogen-bond acceptors (Lipinski definition) is 2. The van der Waals surface area contributed by atoms with Crippen LogP contribution in [0.3, 0.4) is 0 Å². The fraction of sp³-hybridized carbons (Fsp3) is 0.533. The van der Waals surface area contributed by atoms with Crippen LogP contribution < -0.4 is 5.73 Å². The van der Waals surface area contributed by atoms with Gasteiger partial charge < -0.3 is 10.3 Å². The number of nitrogens with two attached hydrogens (primary N) is 1. The van der Waals surface area contributed by atoms with Crippen molar-refractivity contribution in [3.8, 4) is 0 Å². The first-order chi connectivity index (χ1) is 8.72. The van der Waals surface area contributed by atoms with Crippen LogP contribution >= 0.6 is 0 Å². The van der Waals surface area contributed by atoms with Crippen LogP contribution in [-0.4, -0.2) is 16.1 Å². The molecule has 2 rings (SSSR count). The highest BCUT2D eigenvalue weighted by molar-refractivity contribution is 5.76. The molecule has 0 aliphatic carbocycles. The van der Waals surface area contributed by atoms with Crippen LogP contribution in [0.4, 0.5) is 0 Å². The van der Waals surface area contributed by atoms with Crippen molar-refractivity contribution in [2.24, 2.45) is 5.73 Å². The first kappa shape index (κ1) is 13.1. The molecule has 18 heavy (non-hydrogen) atoms. The molecule has 0 aliphatic rings. The number of rotatable bonds is 5. The zero-order valence-corrected chi connectivity index (χ0v) is 11.6. The Morgan fingerprint density at radius 2 is 1.89 bits per heavy atom. The molecule has 0 saturated heterocycles. The molecule has 0 radical (unpaired) electrons. The summed E-state index contributed by atoms with van der Waals surface area (Å²) in [5.41, 5.74) is 8.15. The van der Waals surface area contributed by atoms with Gasteiger partial charge in [-0.1, -0.05) is 26.0 Å². The van der Waals surface area contributed by atoms with Gasteiger partial charge in [-0.25, -0.2) is 4.98 Å². The van der Waals surface area contributed by atoms with Gasteiger partial charge in [0, 0.05) is 18.5 Å². The van der Waals surface area contributed by atoms with Gasteiger partial charge in [-0.15, -0.1) is 0 Å². The lowest BCUT2D eigenvalue weighted by Gasteiger charge is -2.20. The summed E-state index contributed by atoms with van der Waals surface area (Å²) in [4.78, 5) is 4.83. The van der Waals surface area contributed by atoms with E-state index in [0.717, 1.165) is 18.4 Å². The second kappa shape index (κ2) is 5.53. The molecule has 0 saturated carbocycles. The minimum Gasteiger partial charge on any atom is -0.328 e. The van der Waals surface area contributed by atoms with Crippen molar-refractivity contribution in [2.45, 2.75) is 45.6 Å². The molecule has 1 unspecified atom stereocenters. The number of nitrogens with zero attached hydrogens (tertiary/aromatic N) is 2. The van der Waals surface area contributed by atoms with Crippen molar-refractivity contribution in [1.82, 2.24) is 9.55 Å². The topological polar surface area (TPSA) is 43.8 Å². The van der Waals surface area contributed by atoms with Crippen molar-refractivity contribution in [3.05, 3.63) is 30.1 Å². The second-order valence-corrected chi connectivity index (χ2v) is 4.93. The molecule has 1 aromatic heterocycles. The highest BCUT2D eigenvalue weighted by Gasteiger charge is 2.19. The summed E-state index contributed by atoms with van der Waals surface area (Å²) in [7, 11) is 0. The summed E-state index contributed by atoms with van der Waals surface area (Å²) in [6, 6.07) is 8.64. The van der Waals surface area contributed by atoms with E-state index in [1.807, 2.05) is 6.07 Å². The van der Waals surface area contributed by atoms with Crippen molar-refractivity contribution in [2.75, 3.05) is 6.54 Å². The fourth-order valence-electron chi connectivity index (χ4n) is 2.57. The molecular formula is C15H23N3. The number of hydrogen-bond donors (Lipinski definition) is 1. The SMILES string of the molecule is CCC(CC)c1nc2ccccc2n1C(C)CN. The first-order valence-electron chi connectivity index (χ1n) is 6.89. The smallest absolute Gasteiger partial charge is 0.113 e. The maximum atomic E-state index is 5.86.